The zero-order valence-electron chi connectivity index (χ0n) is 13.2. The van der Waals surface area contributed by atoms with Gasteiger partial charge in [0, 0.05) is 11.4 Å². The monoisotopic (exact) mass is 298 g/mol. The smallest absolute Gasteiger partial charge is 0.122 e. The van der Waals surface area contributed by atoms with Crippen LogP contribution in [0.3, 0.4) is 0 Å². The zero-order chi connectivity index (χ0) is 15.3. The molecule has 0 radical (unpaired) electrons. The maximum Gasteiger partial charge on any atom is 0.122 e. The van der Waals surface area contributed by atoms with Crippen LogP contribution in [-0.2, 0) is 6.42 Å². The van der Waals surface area contributed by atoms with Gasteiger partial charge in [-0.1, -0.05) is 39.3 Å². The van der Waals surface area contributed by atoms with E-state index in [4.69, 9.17) is 16.3 Å². The van der Waals surface area contributed by atoms with Crippen LogP contribution < -0.4 is 4.74 Å². The summed E-state index contributed by atoms with van der Waals surface area (Å²) in [5.41, 5.74) is 1.27. The molecule has 0 aliphatic heterocycles. The van der Waals surface area contributed by atoms with Crippen molar-refractivity contribution in [2.45, 2.75) is 53.1 Å². The molecule has 2 atom stereocenters. The Balaban J connectivity index is 2.62. The summed E-state index contributed by atoms with van der Waals surface area (Å²) in [6, 6.07) is 5.53. The van der Waals surface area contributed by atoms with Gasteiger partial charge in [-0.25, -0.2) is 0 Å². The Morgan fingerprint density at radius 3 is 2.50 bits per heavy atom. The highest BCUT2D eigenvalue weighted by Crippen LogP contribution is 2.29. The minimum absolute atomic E-state index is 0.298. The maximum atomic E-state index is 10.3. The van der Waals surface area contributed by atoms with Crippen LogP contribution in [0.2, 0.25) is 5.02 Å². The molecular weight excluding hydrogens is 272 g/mol. The quantitative estimate of drug-likeness (QED) is 0.824. The summed E-state index contributed by atoms with van der Waals surface area (Å²) in [6.07, 6.45) is 2.13. The van der Waals surface area contributed by atoms with E-state index in [0.717, 1.165) is 24.2 Å². The van der Waals surface area contributed by atoms with Crippen molar-refractivity contribution in [1.29, 1.82) is 0 Å². The predicted octanol–water partition coefficient (Wildman–Crippen LogP) is 4.71. The molecule has 1 aromatic rings. The molecule has 2 nitrogen and oxygen atoms in total. The van der Waals surface area contributed by atoms with E-state index in [2.05, 4.69) is 27.7 Å². The van der Waals surface area contributed by atoms with Gasteiger partial charge in [0.05, 0.1) is 13.2 Å². The second-order valence-electron chi connectivity index (χ2n) is 6.92. The number of aliphatic hydroxyl groups excluding tert-OH is 1. The molecule has 1 aromatic carbocycles. The van der Waals surface area contributed by atoms with Crippen molar-refractivity contribution in [2.75, 3.05) is 7.11 Å². The first-order chi connectivity index (χ1) is 9.21. The minimum atomic E-state index is -0.361. The lowest BCUT2D eigenvalue weighted by atomic mass is 9.82. The maximum absolute atomic E-state index is 10.3. The number of aliphatic hydroxyl groups is 1. The third kappa shape index (κ3) is 6.15. The average Bonchev–Trinajstić information content (AvgIpc) is 2.26. The van der Waals surface area contributed by atoms with Crippen molar-refractivity contribution in [1.82, 2.24) is 0 Å². The summed E-state index contributed by atoms with van der Waals surface area (Å²) in [4.78, 5) is 0. The fourth-order valence-electron chi connectivity index (χ4n) is 2.84. The molecule has 3 heteroatoms. The van der Waals surface area contributed by atoms with Crippen molar-refractivity contribution in [3.05, 3.63) is 28.8 Å². The summed E-state index contributed by atoms with van der Waals surface area (Å²) in [5.74, 6) is 1.28. The first-order valence-electron chi connectivity index (χ1n) is 7.22. The number of rotatable bonds is 6. The highest BCUT2D eigenvalue weighted by molar-refractivity contribution is 6.30. The Bertz CT molecular complexity index is 423. The van der Waals surface area contributed by atoms with E-state index in [-0.39, 0.29) is 6.10 Å². The molecule has 0 saturated heterocycles. The molecule has 0 aliphatic rings. The van der Waals surface area contributed by atoms with Crippen molar-refractivity contribution in [3.8, 4) is 5.75 Å². The van der Waals surface area contributed by atoms with E-state index in [1.807, 2.05) is 12.1 Å². The fourth-order valence-corrected chi connectivity index (χ4v) is 3.03. The van der Waals surface area contributed by atoms with Crippen LogP contribution in [-0.4, -0.2) is 18.3 Å². The first-order valence-corrected chi connectivity index (χ1v) is 7.59. The summed E-state index contributed by atoms with van der Waals surface area (Å²) in [5, 5.41) is 11.0. The van der Waals surface area contributed by atoms with Crippen LogP contribution in [0, 0.1) is 11.3 Å². The average molecular weight is 299 g/mol. The Hall–Kier alpha value is -0.730. The van der Waals surface area contributed by atoms with Crippen LogP contribution in [0.1, 0.15) is 46.1 Å². The Morgan fingerprint density at radius 1 is 1.30 bits per heavy atom. The number of halogens is 1. The predicted molar refractivity (Wildman–Crippen MR) is 85.6 cm³/mol. The highest BCUT2D eigenvalue weighted by atomic mass is 35.5. The standard InChI is InChI=1S/C17H27ClO2/c1-12(11-17(2,3)4)8-15(19)10-13-9-14(18)6-7-16(13)20-5/h6-7,9,12,15,19H,8,10-11H2,1-5H3. The lowest BCUT2D eigenvalue weighted by Gasteiger charge is -2.25. The van der Waals surface area contributed by atoms with Gasteiger partial charge in [0.2, 0.25) is 0 Å². The van der Waals surface area contributed by atoms with E-state index in [1.54, 1.807) is 13.2 Å². The summed E-state index contributed by atoms with van der Waals surface area (Å²) < 4.78 is 5.32. The van der Waals surface area contributed by atoms with Crippen LogP contribution in [0.5, 0.6) is 5.75 Å². The van der Waals surface area contributed by atoms with Crippen molar-refractivity contribution in [2.24, 2.45) is 11.3 Å². The van der Waals surface area contributed by atoms with Crippen molar-refractivity contribution >= 4 is 11.6 Å². The molecule has 0 aromatic heterocycles. The topological polar surface area (TPSA) is 29.5 Å². The molecule has 114 valence electrons. The largest absolute Gasteiger partial charge is 0.496 e. The number of ether oxygens (including phenoxy) is 1. The Labute approximate surface area is 128 Å². The summed E-state index contributed by atoms with van der Waals surface area (Å²) in [7, 11) is 1.64. The molecule has 0 spiro atoms. The summed E-state index contributed by atoms with van der Waals surface area (Å²) >= 11 is 6.01. The van der Waals surface area contributed by atoms with E-state index < -0.39 is 0 Å². The molecule has 0 saturated carbocycles. The minimum Gasteiger partial charge on any atom is -0.496 e. The lowest BCUT2D eigenvalue weighted by molar-refractivity contribution is 0.132. The van der Waals surface area contributed by atoms with Crippen LogP contribution in [0.25, 0.3) is 0 Å². The van der Waals surface area contributed by atoms with Gasteiger partial charge in [-0.05, 0) is 47.9 Å². The number of hydrogen-bond donors (Lipinski definition) is 1. The van der Waals surface area contributed by atoms with E-state index in [9.17, 15) is 5.11 Å². The van der Waals surface area contributed by atoms with Crippen molar-refractivity contribution in [3.63, 3.8) is 0 Å². The normalized spacial score (nSPS) is 14.9. The van der Waals surface area contributed by atoms with Crippen LogP contribution in [0.15, 0.2) is 18.2 Å². The molecule has 20 heavy (non-hydrogen) atoms. The zero-order valence-corrected chi connectivity index (χ0v) is 14.0. The van der Waals surface area contributed by atoms with E-state index in [1.165, 1.54) is 0 Å². The van der Waals surface area contributed by atoms with Crippen LogP contribution in [0.4, 0.5) is 0 Å². The molecule has 0 amide bonds. The van der Waals surface area contributed by atoms with Crippen molar-refractivity contribution < 1.29 is 9.84 Å². The van der Waals surface area contributed by atoms with Gasteiger partial charge < -0.3 is 9.84 Å². The third-order valence-electron chi connectivity index (χ3n) is 3.33. The SMILES string of the molecule is COc1ccc(Cl)cc1CC(O)CC(C)CC(C)(C)C. The lowest BCUT2D eigenvalue weighted by Crippen LogP contribution is -2.19. The third-order valence-corrected chi connectivity index (χ3v) is 3.57. The van der Waals surface area contributed by atoms with E-state index >= 15 is 0 Å². The fraction of sp³-hybridized carbons (Fsp3) is 0.647. The number of methoxy groups -OCH3 is 1. The van der Waals surface area contributed by atoms with E-state index in [0.29, 0.717) is 22.8 Å². The molecule has 1 N–H and O–H groups in total. The molecule has 2 unspecified atom stereocenters. The first kappa shape index (κ1) is 17.3. The van der Waals surface area contributed by atoms with Gasteiger partial charge in [-0.2, -0.15) is 0 Å². The molecular formula is C17H27ClO2. The highest BCUT2D eigenvalue weighted by Gasteiger charge is 2.19. The number of hydrogen-bond acceptors (Lipinski definition) is 2. The second kappa shape index (κ2) is 7.33. The Morgan fingerprint density at radius 2 is 1.95 bits per heavy atom. The Kier molecular flexibility index (Phi) is 6.35. The van der Waals surface area contributed by atoms with Gasteiger partial charge in [-0.3, -0.25) is 0 Å². The molecule has 0 aliphatic carbocycles. The molecule has 1 rings (SSSR count). The van der Waals surface area contributed by atoms with Crippen LogP contribution >= 0.6 is 11.6 Å². The molecule has 0 bridgehead atoms. The molecule has 0 fully saturated rings. The second-order valence-corrected chi connectivity index (χ2v) is 7.36. The van der Waals surface area contributed by atoms with Gasteiger partial charge in [0.25, 0.3) is 0 Å². The number of benzene rings is 1. The van der Waals surface area contributed by atoms with Gasteiger partial charge in [-0.15, -0.1) is 0 Å². The molecule has 0 heterocycles. The van der Waals surface area contributed by atoms with Gasteiger partial charge >= 0.3 is 0 Å². The van der Waals surface area contributed by atoms with Gasteiger partial charge in [0.1, 0.15) is 5.75 Å². The summed E-state index contributed by atoms with van der Waals surface area (Å²) in [6.45, 7) is 8.89. The van der Waals surface area contributed by atoms with Gasteiger partial charge in [0.15, 0.2) is 0 Å².